The van der Waals surface area contributed by atoms with E-state index in [2.05, 4.69) is 20.6 Å². The molecule has 112 valence electrons. The summed E-state index contributed by atoms with van der Waals surface area (Å²) in [5.74, 6) is 2.16. The molecule has 0 saturated heterocycles. The molecule has 0 atom stereocenters. The summed E-state index contributed by atoms with van der Waals surface area (Å²) in [6.07, 6.45) is 5.13. The molecule has 1 aliphatic carbocycles. The van der Waals surface area contributed by atoms with Crippen LogP contribution >= 0.6 is 0 Å². The van der Waals surface area contributed by atoms with Gasteiger partial charge in [-0.3, -0.25) is 0 Å². The molecule has 20 heavy (non-hydrogen) atoms. The van der Waals surface area contributed by atoms with Gasteiger partial charge < -0.3 is 20.1 Å². The summed E-state index contributed by atoms with van der Waals surface area (Å²) < 4.78 is 10.6. The van der Waals surface area contributed by atoms with Gasteiger partial charge in [0.15, 0.2) is 11.6 Å². The van der Waals surface area contributed by atoms with Crippen molar-refractivity contribution in [1.29, 1.82) is 0 Å². The first-order valence-electron chi connectivity index (χ1n) is 7.10. The van der Waals surface area contributed by atoms with Crippen LogP contribution < -0.4 is 15.4 Å². The second-order valence-electron chi connectivity index (χ2n) is 5.23. The number of nitrogens with one attached hydrogen (secondary N) is 2. The van der Waals surface area contributed by atoms with Crippen LogP contribution in [0.1, 0.15) is 26.2 Å². The smallest absolute Gasteiger partial charge is 0.204 e. The van der Waals surface area contributed by atoms with Crippen molar-refractivity contribution < 1.29 is 9.47 Å². The first-order chi connectivity index (χ1) is 9.74. The van der Waals surface area contributed by atoms with Crippen LogP contribution in [0.3, 0.4) is 0 Å². The average Bonchev–Trinajstić information content (AvgIpc) is 3.24. The fourth-order valence-electron chi connectivity index (χ4n) is 2.27. The zero-order chi connectivity index (χ0) is 14.4. The van der Waals surface area contributed by atoms with E-state index in [-0.39, 0.29) is 0 Å². The lowest BCUT2D eigenvalue weighted by molar-refractivity contribution is 0.175. The molecule has 1 aromatic rings. The molecule has 6 nitrogen and oxygen atoms in total. The fraction of sp³-hybridized carbons (Fsp3) is 0.714. The van der Waals surface area contributed by atoms with Gasteiger partial charge in [-0.2, -0.15) is 0 Å². The Morgan fingerprint density at radius 2 is 1.90 bits per heavy atom. The van der Waals surface area contributed by atoms with E-state index in [0.29, 0.717) is 11.2 Å². The topological polar surface area (TPSA) is 68.3 Å². The van der Waals surface area contributed by atoms with Gasteiger partial charge in [-0.1, -0.05) is 0 Å². The van der Waals surface area contributed by atoms with Crippen LogP contribution in [0, 0.1) is 5.41 Å². The van der Waals surface area contributed by atoms with E-state index in [0.717, 1.165) is 37.8 Å². The van der Waals surface area contributed by atoms with Gasteiger partial charge in [0.25, 0.3) is 0 Å². The molecule has 1 fully saturated rings. The number of rotatable bonds is 9. The first-order valence-corrected chi connectivity index (χ1v) is 7.10. The summed E-state index contributed by atoms with van der Waals surface area (Å²) in [6.45, 7) is 4.53. The van der Waals surface area contributed by atoms with Gasteiger partial charge in [0.05, 0.1) is 7.11 Å². The Bertz CT molecular complexity index is 435. The van der Waals surface area contributed by atoms with Crippen molar-refractivity contribution in [3.63, 3.8) is 0 Å². The zero-order valence-electron chi connectivity index (χ0n) is 12.5. The van der Waals surface area contributed by atoms with Gasteiger partial charge >= 0.3 is 0 Å². The summed E-state index contributed by atoms with van der Waals surface area (Å²) in [5.41, 5.74) is 0.365. The molecule has 0 spiro atoms. The molecular weight excluding hydrogens is 256 g/mol. The molecular formula is C14H24N4O2. The molecule has 0 amide bonds. The molecule has 2 N–H and O–H groups in total. The molecule has 0 radical (unpaired) electrons. The van der Waals surface area contributed by atoms with E-state index in [1.54, 1.807) is 20.5 Å². The maximum Gasteiger partial charge on any atom is 0.204 e. The number of nitrogens with zero attached hydrogens (tertiary/aromatic N) is 2. The van der Waals surface area contributed by atoms with E-state index >= 15 is 0 Å². The molecule has 6 heteroatoms. The van der Waals surface area contributed by atoms with Crippen LogP contribution in [0.15, 0.2) is 6.33 Å². The largest absolute Gasteiger partial charge is 0.490 e. The third-order valence-electron chi connectivity index (χ3n) is 3.78. The van der Waals surface area contributed by atoms with Gasteiger partial charge in [-0.25, -0.2) is 9.97 Å². The Morgan fingerprint density at radius 1 is 1.20 bits per heavy atom. The maximum absolute atomic E-state index is 5.42. The SMILES string of the molecule is CCNc1ncnc(NCC2(CCOC)CC2)c1OC. The van der Waals surface area contributed by atoms with Crippen molar-refractivity contribution in [2.24, 2.45) is 5.41 Å². The summed E-state index contributed by atoms with van der Waals surface area (Å²) in [5, 5.41) is 6.58. The third kappa shape index (κ3) is 3.50. The highest BCUT2D eigenvalue weighted by Crippen LogP contribution is 2.49. The Hall–Kier alpha value is -1.56. The minimum Gasteiger partial charge on any atom is -0.490 e. The van der Waals surface area contributed by atoms with Gasteiger partial charge in [-0.15, -0.1) is 0 Å². The van der Waals surface area contributed by atoms with Crippen LogP contribution in [-0.2, 0) is 4.74 Å². The predicted octanol–water partition coefficient (Wildman–Crippen LogP) is 2.15. The Morgan fingerprint density at radius 3 is 2.45 bits per heavy atom. The third-order valence-corrected chi connectivity index (χ3v) is 3.78. The number of hydrogen-bond donors (Lipinski definition) is 2. The Balaban J connectivity index is 2.00. The molecule has 1 aromatic heterocycles. The number of methoxy groups -OCH3 is 2. The minimum atomic E-state index is 0.365. The van der Waals surface area contributed by atoms with Crippen LogP contribution in [0.4, 0.5) is 11.6 Å². The number of anilines is 2. The lowest BCUT2D eigenvalue weighted by Gasteiger charge is -2.18. The van der Waals surface area contributed by atoms with Crippen molar-refractivity contribution in [1.82, 2.24) is 9.97 Å². The predicted molar refractivity (Wildman–Crippen MR) is 79.4 cm³/mol. The molecule has 0 bridgehead atoms. The molecule has 1 saturated carbocycles. The Labute approximate surface area is 120 Å². The van der Waals surface area contributed by atoms with Gasteiger partial charge in [0.2, 0.25) is 5.75 Å². The first kappa shape index (κ1) is 14.8. The number of aromatic nitrogens is 2. The molecule has 0 unspecified atom stereocenters. The second kappa shape index (κ2) is 6.74. The minimum absolute atomic E-state index is 0.365. The molecule has 0 aliphatic heterocycles. The summed E-state index contributed by atoms with van der Waals surface area (Å²) >= 11 is 0. The van der Waals surface area contributed by atoms with Crippen LogP contribution in [-0.4, -0.2) is 43.9 Å². The summed E-state index contributed by atoms with van der Waals surface area (Å²) in [4.78, 5) is 8.49. The quantitative estimate of drug-likeness (QED) is 0.722. The van der Waals surface area contributed by atoms with Crippen molar-refractivity contribution in [3.8, 4) is 5.75 Å². The fourth-order valence-corrected chi connectivity index (χ4v) is 2.27. The highest BCUT2D eigenvalue weighted by molar-refractivity contribution is 5.63. The average molecular weight is 280 g/mol. The number of ether oxygens (including phenoxy) is 2. The Kier molecular flexibility index (Phi) is 5.00. The summed E-state index contributed by atoms with van der Waals surface area (Å²) in [6, 6.07) is 0. The van der Waals surface area contributed by atoms with Crippen LogP contribution in [0.5, 0.6) is 5.75 Å². The monoisotopic (exact) mass is 280 g/mol. The molecule has 2 rings (SSSR count). The zero-order valence-corrected chi connectivity index (χ0v) is 12.5. The second-order valence-corrected chi connectivity index (χ2v) is 5.23. The standard InChI is InChI=1S/C14H24N4O2/c1-4-15-12-11(20-3)13(18-10-17-12)16-9-14(5-6-14)7-8-19-2/h10H,4-9H2,1-3H3,(H2,15,16,17,18). The van der Waals surface area contributed by atoms with E-state index in [1.165, 1.54) is 12.8 Å². The van der Waals surface area contributed by atoms with Crippen molar-refractivity contribution in [3.05, 3.63) is 6.33 Å². The van der Waals surface area contributed by atoms with Gasteiger partial charge in [0.1, 0.15) is 6.33 Å². The summed E-state index contributed by atoms with van der Waals surface area (Å²) in [7, 11) is 3.39. The maximum atomic E-state index is 5.42. The van der Waals surface area contributed by atoms with E-state index < -0.39 is 0 Å². The lowest BCUT2D eigenvalue weighted by Crippen LogP contribution is -2.18. The number of hydrogen-bond acceptors (Lipinski definition) is 6. The molecule has 1 aliphatic rings. The van der Waals surface area contributed by atoms with Crippen molar-refractivity contribution in [2.75, 3.05) is 44.5 Å². The van der Waals surface area contributed by atoms with Crippen LogP contribution in [0.2, 0.25) is 0 Å². The van der Waals surface area contributed by atoms with Gasteiger partial charge in [0, 0.05) is 26.8 Å². The molecule has 0 aromatic carbocycles. The normalized spacial score (nSPS) is 15.8. The van der Waals surface area contributed by atoms with E-state index in [4.69, 9.17) is 9.47 Å². The van der Waals surface area contributed by atoms with E-state index in [1.807, 2.05) is 6.92 Å². The van der Waals surface area contributed by atoms with Crippen molar-refractivity contribution in [2.45, 2.75) is 26.2 Å². The van der Waals surface area contributed by atoms with Crippen LogP contribution in [0.25, 0.3) is 0 Å². The van der Waals surface area contributed by atoms with Crippen molar-refractivity contribution >= 4 is 11.6 Å². The highest BCUT2D eigenvalue weighted by atomic mass is 16.5. The highest BCUT2D eigenvalue weighted by Gasteiger charge is 2.42. The molecule has 1 heterocycles. The van der Waals surface area contributed by atoms with Gasteiger partial charge in [-0.05, 0) is 31.6 Å². The lowest BCUT2D eigenvalue weighted by atomic mass is 10.0. The van der Waals surface area contributed by atoms with E-state index in [9.17, 15) is 0 Å².